The molecular formula is C12H14ClN3O. The fraction of sp³-hybridized carbons (Fsp3) is 0.250. The van der Waals surface area contributed by atoms with E-state index in [1.807, 2.05) is 25.1 Å². The summed E-state index contributed by atoms with van der Waals surface area (Å²) >= 11 is 6.03. The van der Waals surface area contributed by atoms with Crippen molar-refractivity contribution < 1.29 is 4.74 Å². The van der Waals surface area contributed by atoms with E-state index in [0.717, 1.165) is 17.1 Å². The van der Waals surface area contributed by atoms with Gasteiger partial charge < -0.3 is 15.0 Å². The molecule has 5 heteroatoms. The van der Waals surface area contributed by atoms with Gasteiger partial charge >= 0.3 is 0 Å². The number of nitrogens with zero attached hydrogens (tertiary/aromatic N) is 1. The molecule has 0 radical (unpaired) electrons. The summed E-state index contributed by atoms with van der Waals surface area (Å²) in [5.41, 5.74) is 3.01. The van der Waals surface area contributed by atoms with Gasteiger partial charge in [-0.2, -0.15) is 0 Å². The lowest BCUT2D eigenvalue weighted by molar-refractivity contribution is 0.415. The van der Waals surface area contributed by atoms with Crippen LogP contribution in [-0.2, 0) is 6.54 Å². The first-order chi connectivity index (χ1) is 8.20. The minimum atomic E-state index is 0.594. The van der Waals surface area contributed by atoms with Crippen LogP contribution in [0.3, 0.4) is 0 Å². The molecule has 0 spiro atoms. The lowest BCUT2D eigenvalue weighted by Gasteiger charge is -2.08. The molecule has 2 rings (SSSR count). The summed E-state index contributed by atoms with van der Waals surface area (Å²) in [6.07, 6.45) is 1.69. The number of benzene rings is 1. The Morgan fingerprint density at radius 3 is 2.88 bits per heavy atom. The van der Waals surface area contributed by atoms with Crippen molar-refractivity contribution in [3.63, 3.8) is 0 Å². The minimum Gasteiger partial charge on any atom is -0.495 e. The molecule has 0 saturated heterocycles. The smallest absolute Gasteiger partial charge is 0.137 e. The number of ether oxygens (including phenoxy) is 1. The lowest BCUT2D eigenvalue weighted by Crippen LogP contribution is -2.01. The molecule has 0 fully saturated rings. The Hall–Kier alpha value is -1.68. The van der Waals surface area contributed by atoms with Crippen molar-refractivity contribution in [1.29, 1.82) is 0 Å². The molecule has 2 aromatic rings. The van der Waals surface area contributed by atoms with Gasteiger partial charge in [0.1, 0.15) is 5.75 Å². The van der Waals surface area contributed by atoms with Crippen LogP contribution >= 0.6 is 11.6 Å². The van der Waals surface area contributed by atoms with Gasteiger partial charge in [0.2, 0.25) is 0 Å². The second-order valence-electron chi connectivity index (χ2n) is 3.68. The van der Waals surface area contributed by atoms with E-state index >= 15 is 0 Å². The lowest BCUT2D eigenvalue weighted by atomic mass is 10.3. The molecule has 0 bridgehead atoms. The Kier molecular flexibility index (Phi) is 3.54. The van der Waals surface area contributed by atoms with Crippen LogP contribution in [0.4, 0.5) is 5.69 Å². The van der Waals surface area contributed by atoms with Gasteiger partial charge in [0.25, 0.3) is 0 Å². The number of imidazole rings is 1. The average molecular weight is 252 g/mol. The van der Waals surface area contributed by atoms with Crippen molar-refractivity contribution in [1.82, 2.24) is 9.97 Å². The van der Waals surface area contributed by atoms with E-state index in [2.05, 4.69) is 15.3 Å². The molecule has 0 unspecified atom stereocenters. The predicted octanol–water partition coefficient (Wildman–Crippen LogP) is 2.99. The summed E-state index contributed by atoms with van der Waals surface area (Å²) in [6, 6.07) is 5.59. The molecule has 0 atom stereocenters. The Labute approximate surface area is 105 Å². The van der Waals surface area contributed by atoms with Crippen molar-refractivity contribution in [2.24, 2.45) is 0 Å². The molecule has 1 aromatic carbocycles. The number of nitrogens with one attached hydrogen (secondary N) is 2. The Balaban J connectivity index is 2.05. The zero-order valence-electron chi connectivity index (χ0n) is 9.75. The van der Waals surface area contributed by atoms with Crippen LogP contribution in [0.1, 0.15) is 11.4 Å². The van der Waals surface area contributed by atoms with Crippen molar-refractivity contribution in [2.45, 2.75) is 13.5 Å². The van der Waals surface area contributed by atoms with Crippen LogP contribution in [0.5, 0.6) is 5.75 Å². The van der Waals surface area contributed by atoms with Crippen molar-refractivity contribution in [2.75, 3.05) is 12.4 Å². The van der Waals surface area contributed by atoms with Gasteiger partial charge in [-0.1, -0.05) is 11.6 Å². The molecule has 90 valence electrons. The van der Waals surface area contributed by atoms with Crippen LogP contribution in [0.15, 0.2) is 24.5 Å². The Bertz CT molecular complexity index is 510. The number of aromatic nitrogens is 2. The van der Waals surface area contributed by atoms with Gasteiger partial charge in [-0.25, -0.2) is 4.98 Å². The molecule has 1 heterocycles. The molecule has 17 heavy (non-hydrogen) atoms. The number of H-pyrrole nitrogens is 1. The third kappa shape index (κ3) is 2.71. The molecule has 1 aromatic heterocycles. The van der Waals surface area contributed by atoms with E-state index in [0.29, 0.717) is 17.3 Å². The summed E-state index contributed by atoms with van der Waals surface area (Å²) in [5, 5.41) is 3.85. The third-order valence-electron chi connectivity index (χ3n) is 2.55. The number of aryl methyl sites for hydroxylation is 1. The molecule has 0 aliphatic carbocycles. The highest BCUT2D eigenvalue weighted by Crippen LogP contribution is 2.27. The highest BCUT2D eigenvalue weighted by molar-refractivity contribution is 6.32. The number of anilines is 1. The minimum absolute atomic E-state index is 0.594. The van der Waals surface area contributed by atoms with E-state index < -0.39 is 0 Å². The monoisotopic (exact) mass is 251 g/mol. The number of aromatic amines is 1. The summed E-state index contributed by atoms with van der Waals surface area (Å²) in [6.45, 7) is 2.66. The zero-order valence-corrected chi connectivity index (χ0v) is 10.5. The number of halogens is 1. The highest BCUT2D eigenvalue weighted by atomic mass is 35.5. The third-order valence-corrected chi connectivity index (χ3v) is 2.84. The average Bonchev–Trinajstić information content (AvgIpc) is 2.72. The van der Waals surface area contributed by atoms with E-state index in [-0.39, 0.29) is 0 Å². The normalized spacial score (nSPS) is 10.3. The molecule has 4 nitrogen and oxygen atoms in total. The van der Waals surface area contributed by atoms with Gasteiger partial charge in [-0.05, 0) is 25.1 Å². The van der Waals surface area contributed by atoms with Gasteiger partial charge in [-0.3, -0.25) is 0 Å². The molecule has 2 N–H and O–H groups in total. The largest absolute Gasteiger partial charge is 0.495 e. The SMILES string of the molecule is COc1ccc(NCc2nc[nH]c2C)cc1Cl. The topological polar surface area (TPSA) is 49.9 Å². The molecule has 0 aliphatic heterocycles. The van der Waals surface area contributed by atoms with Crippen LogP contribution in [0.2, 0.25) is 5.02 Å². The Morgan fingerprint density at radius 2 is 2.29 bits per heavy atom. The first kappa shape index (κ1) is 11.8. The summed E-state index contributed by atoms with van der Waals surface area (Å²) in [7, 11) is 1.60. The van der Waals surface area contributed by atoms with E-state index in [4.69, 9.17) is 16.3 Å². The maximum absolute atomic E-state index is 6.03. The number of hydrogen-bond donors (Lipinski definition) is 2. The fourth-order valence-electron chi connectivity index (χ4n) is 1.53. The molecule has 0 saturated carbocycles. The van der Waals surface area contributed by atoms with Gasteiger partial charge in [0.05, 0.1) is 30.7 Å². The zero-order chi connectivity index (χ0) is 12.3. The standard InChI is InChI=1S/C12H14ClN3O/c1-8-11(16-7-15-8)6-14-9-3-4-12(17-2)10(13)5-9/h3-5,7,14H,6H2,1-2H3,(H,15,16). The Morgan fingerprint density at radius 1 is 1.47 bits per heavy atom. The van der Waals surface area contributed by atoms with Gasteiger partial charge in [0, 0.05) is 11.4 Å². The quantitative estimate of drug-likeness (QED) is 0.878. The van der Waals surface area contributed by atoms with E-state index in [9.17, 15) is 0 Å². The summed E-state index contributed by atoms with van der Waals surface area (Å²) in [4.78, 5) is 7.25. The van der Waals surface area contributed by atoms with Crippen LogP contribution in [0.25, 0.3) is 0 Å². The first-order valence-electron chi connectivity index (χ1n) is 5.27. The summed E-state index contributed by atoms with van der Waals surface area (Å²) < 4.78 is 5.09. The van der Waals surface area contributed by atoms with Crippen molar-refractivity contribution in [3.05, 3.63) is 40.9 Å². The number of rotatable bonds is 4. The van der Waals surface area contributed by atoms with Gasteiger partial charge in [-0.15, -0.1) is 0 Å². The van der Waals surface area contributed by atoms with E-state index in [1.54, 1.807) is 13.4 Å². The number of hydrogen-bond acceptors (Lipinski definition) is 3. The van der Waals surface area contributed by atoms with Gasteiger partial charge in [0.15, 0.2) is 0 Å². The predicted molar refractivity (Wildman–Crippen MR) is 68.7 cm³/mol. The molecule has 0 amide bonds. The maximum atomic E-state index is 6.03. The summed E-state index contributed by atoms with van der Waals surface area (Å²) in [5.74, 6) is 0.674. The van der Waals surface area contributed by atoms with E-state index in [1.165, 1.54) is 0 Å². The van der Waals surface area contributed by atoms with Crippen LogP contribution in [0, 0.1) is 6.92 Å². The second-order valence-corrected chi connectivity index (χ2v) is 4.08. The maximum Gasteiger partial charge on any atom is 0.137 e. The molecular weight excluding hydrogens is 238 g/mol. The number of methoxy groups -OCH3 is 1. The van der Waals surface area contributed by atoms with Crippen molar-refractivity contribution in [3.8, 4) is 5.75 Å². The fourth-order valence-corrected chi connectivity index (χ4v) is 1.79. The first-order valence-corrected chi connectivity index (χ1v) is 5.64. The highest BCUT2D eigenvalue weighted by Gasteiger charge is 2.03. The van der Waals surface area contributed by atoms with Crippen LogP contribution < -0.4 is 10.1 Å². The second kappa shape index (κ2) is 5.10. The van der Waals surface area contributed by atoms with Crippen molar-refractivity contribution >= 4 is 17.3 Å². The van der Waals surface area contributed by atoms with Crippen LogP contribution in [-0.4, -0.2) is 17.1 Å². The molecule has 0 aliphatic rings.